The molecule has 0 aliphatic carbocycles. The van der Waals surface area contributed by atoms with Crippen molar-refractivity contribution in [2.45, 2.75) is 13.1 Å². The number of nitriles is 1. The first kappa shape index (κ1) is 25.9. The van der Waals surface area contributed by atoms with Crippen LogP contribution in [0.5, 0.6) is 0 Å². The maximum Gasteiger partial charge on any atom is 0.355 e. The van der Waals surface area contributed by atoms with Crippen LogP contribution in [0.1, 0.15) is 16.7 Å². The molecule has 5 aromatic rings. The number of nitrogens with one attached hydrogen (secondary N) is 2. The van der Waals surface area contributed by atoms with Gasteiger partial charge in [-0.05, 0) is 35.9 Å². The molecule has 0 aliphatic heterocycles. The van der Waals surface area contributed by atoms with Gasteiger partial charge in [-0.1, -0.05) is 29.3 Å². The van der Waals surface area contributed by atoms with Crippen molar-refractivity contribution in [3.8, 4) is 6.07 Å². The molecule has 0 fully saturated rings. The molecule has 3 aromatic heterocycles. The van der Waals surface area contributed by atoms with Gasteiger partial charge in [0, 0.05) is 30.4 Å². The van der Waals surface area contributed by atoms with Gasteiger partial charge in [0.1, 0.15) is 11.9 Å². The minimum Gasteiger partial charge on any atom is -0.327 e. The molecule has 2 N–H and O–H groups in total. The van der Waals surface area contributed by atoms with E-state index in [1.54, 1.807) is 36.1 Å². The number of pyridine rings is 1. The molecule has 2 aromatic carbocycles. The lowest BCUT2D eigenvalue weighted by Gasteiger charge is -2.16. The average molecular weight is 567 g/mol. The quantitative estimate of drug-likeness (QED) is 0.321. The van der Waals surface area contributed by atoms with Crippen LogP contribution in [0.3, 0.4) is 0 Å². The lowest BCUT2D eigenvalue weighted by Crippen LogP contribution is -2.43. The average Bonchev–Trinajstić information content (AvgIpc) is 3.25. The van der Waals surface area contributed by atoms with Gasteiger partial charge in [0.05, 0.1) is 39.9 Å². The number of anilines is 2. The summed E-state index contributed by atoms with van der Waals surface area (Å²) in [7, 11) is 1.75. The Balaban J connectivity index is 1.65. The van der Waals surface area contributed by atoms with Gasteiger partial charge in [-0.15, -0.1) is 0 Å². The molecule has 0 spiro atoms. The van der Waals surface area contributed by atoms with Gasteiger partial charge in [-0.25, -0.2) is 18.5 Å². The van der Waals surface area contributed by atoms with Crippen LogP contribution in [0.2, 0.25) is 10.0 Å². The predicted octanol–water partition coefficient (Wildman–Crippen LogP) is 3.14. The van der Waals surface area contributed by atoms with E-state index < -0.39 is 29.3 Å². The fraction of sp³-hybridized carbons (Fsp3) is 0.120. The fourth-order valence-electron chi connectivity index (χ4n) is 4.02. The summed E-state index contributed by atoms with van der Waals surface area (Å²) in [5, 5.41) is 17.7. The van der Waals surface area contributed by atoms with Crippen LogP contribution in [-0.2, 0) is 20.1 Å². The van der Waals surface area contributed by atoms with E-state index in [-0.39, 0.29) is 33.7 Å². The molecule has 39 heavy (non-hydrogen) atoms. The monoisotopic (exact) mass is 566 g/mol. The van der Waals surface area contributed by atoms with Crippen molar-refractivity contribution in [1.82, 2.24) is 28.9 Å². The molecular formula is C25H17Cl2FN8O3. The zero-order valence-corrected chi connectivity index (χ0v) is 21.6. The molecule has 11 nitrogen and oxygen atoms in total. The summed E-state index contributed by atoms with van der Waals surface area (Å²) < 4.78 is 17.4. The van der Waals surface area contributed by atoms with Crippen LogP contribution in [0, 0.1) is 17.1 Å². The third-order valence-corrected chi connectivity index (χ3v) is 6.40. The number of hydrogen-bond acceptors (Lipinski definition) is 7. The Morgan fingerprint density at radius 1 is 1.10 bits per heavy atom. The first-order valence-corrected chi connectivity index (χ1v) is 12.1. The van der Waals surface area contributed by atoms with Crippen molar-refractivity contribution in [2.75, 3.05) is 5.32 Å². The summed E-state index contributed by atoms with van der Waals surface area (Å²) in [6, 6.07) is 10.2. The van der Waals surface area contributed by atoms with E-state index in [0.29, 0.717) is 16.8 Å². The molecule has 0 unspecified atom stereocenters. The van der Waals surface area contributed by atoms with Gasteiger partial charge < -0.3 is 10.3 Å². The van der Waals surface area contributed by atoms with Gasteiger partial charge >= 0.3 is 11.4 Å². The number of nitrogens with zero attached hydrogens (tertiary/aromatic N) is 6. The molecule has 14 heteroatoms. The van der Waals surface area contributed by atoms with E-state index in [1.807, 2.05) is 0 Å². The van der Waals surface area contributed by atoms with Crippen LogP contribution in [0.25, 0.3) is 10.9 Å². The Morgan fingerprint density at radius 3 is 2.67 bits per heavy atom. The van der Waals surface area contributed by atoms with Crippen molar-refractivity contribution >= 4 is 45.7 Å². The first-order chi connectivity index (χ1) is 18.6. The molecule has 0 aliphatic rings. The van der Waals surface area contributed by atoms with Crippen LogP contribution in [0.4, 0.5) is 16.0 Å². The Labute approximate surface area is 228 Å². The SMILES string of the molecule is Cn1cc2cc(Nc3nc(=O)n(Cc4cc(Cl)c[nH]c4=O)c(=O)n3Cc3ccc(F)c(C#N)c3)c(Cl)cc2n1. The second-order valence-corrected chi connectivity index (χ2v) is 9.43. The normalized spacial score (nSPS) is 11.1. The molecule has 0 amide bonds. The van der Waals surface area contributed by atoms with Gasteiger partial charge in [-0.3, -0.25) is 14.0 Å². The molecule has 5 rings (SSSR count). The summed E-state index contributed by atoms with van der Waals surface area (Å²) in [4.78, 5) is 45.4. The Bertz CT molecular complexity index is 1990. The number of halogens is 3. The minimum absolute atomic E-state index is 0.0642. The van der Waals surface area contributed by atoms with Gasteiger partial charge in [-0.2, -0.15) is 15.3 Å². The lowest BCUT2D eigenvalue weighted by atomic mass is 10.1. The van der Waals surface area contributed by atoms with Crippen molar-refractivity contribution < 1.29 is 4.39 Å². The molecule has 0 saturated heterocycles. The van der Waals surface area contributed by atoms with E-state index in [2.05, 4.69) is 20.4 Å². The van der Waals surface area contributed by atoms with Gasteiger partial charge in [0.25, 0.3) is 5.56 Å². The highest BCUT2D eigenvalue weighted by Gasteiger charge is 2.18. The number of aromatic nitrogens is 6. The van der Waals surface area contributed by atoms with E-state index >= 15 is 0 Å². The topological polar surface area (TPSA) is 143 Å². The van der Waals surface area contributed by atoms with Gasteiger partial charge in [0.15, 0.2) is 0 Å². The third-order valence-electron chi connectivity index (χ3n) is 5.87. The maximum absolute atomic E-state index is 13.9. The van der Waals surface area contributed by atoms with Crippen LogP contribution < -0.4 is 22.3 Å². The Kier molecular flexibility index (Phi) is 6.78. The maximum atomic E-state index is 13.9. The molecule has 196 valence electrons. The van der Waals surface area contributed by atoms with Crippen molar-refractivity contribution in [2.24, 2.45) is 7.05 Å². The zero-order chi connectivity index (χ0) is 27.8. The van der Waals surface area contributed by atoms with E-state index in [0.717, 1.165) is 20.6 Å². The molecule has 0 radical (unpaired) electrons. The number of aryl methyl sites for hydroxylation is 1. The lowest BCUT2D eigenvalue weighted by molar-refractivity contribution is 0.585. The Morgan fingerprint density at radius 2 is 1.90 bits per heavy atom. The summed E-state index contributed by atoms with van der Waals surface area (Å²) in [6.45, 7) is -0.599. The second kappa shape index (κ2) is 10.2. The second-order valence-electron chi connectivity index (χ2n) is 8.59. The minimum atomic E-state index is -0.937. The summed E-state index contributed by atoms with van der Waals surface area (Å²) in [5.74, 6) is -0.874. The molecule has 0 atom stereocenters. The number of rotatable bonds is 6. The highest BCUT2D eigenvalue weighted by Crippen LogP contribution is 2.29. The molecule has 3 heterocycles. The fourth-order valence-corrected chi connectivity index (χ4v) is 4.41. The third kappa shape index (κ3) is 5.18. The molecular weight excluding hydrogens is 550 g/mol. The smallest absolute Gasteiger partial charge is 0.327 e. The van der Waals surface area contributed by atoms with E-state index in [9.17, 15) is 24.0 Å². The largest absolute Gasteiger partial charge is 0.355 e. The van der Waals surface area contributed by atoms with E-state index in [1.165, 1.54) is 24.4 Å². The number of hydrogen-bond donors (Lipinski definition) is 2. The Hall–Kier alpha value is -4.73. The summed E-state index contributed by atoms with van der Waals surface area (Å²) in [6.07, 6.45) is 3.05. The zero-order valence-electron chi connectivity index (χ0n) is 20.1. The first-order valence-electron chi connectivity index (χ1n) is 11.3. The number of H-pyrrole nitrogens is 1. The predicted molar refractivity (Wildman–Crippen MR) is 143 cm³/mol. The summed E-state index contributed by atoms with van der Waals surface area (Å²) in [5.41, 5.74) is -1.07. The van der Waals surface area contributed by atoms with Crippen molar-refractivity contribution in [3.05, 3.63) is 113 Å². The van der Waals surface area contributed by atoms with Crippen molar-refractivity contribution in [1.29, 1.82) is 5.26 Å². The summed E-state index contributed by atoms with van der Waals surface area (Å²) >= 11 is 12.4. The van der Waals surface area contributed by atoms with Crippen LogP contribution >= 0.6 is 23.2 Å². The highest BCUT2D eigenvalue weighted by atomic mass is 35.5. The highest BCUT2D eigenvalue weighted by molar-refractivity contribution is 6.34. The number of fused-ring (bicyclic) bond motifs is 1. The molecule has 0 saturated carbocycles. The van der Waals surface area contributed by atoms with Gasteiger partial charge in [0.2, 0.25) is 5.95 Å². The van der Waals surface area contributed by atoms with Crippen LogP contribution in [0.15, 0.2) is 63.2 Å². The number of benzene rings is 2. The van der Waals surface area contributed by atoms with E-state index in [4.69, 9.17) is 23.2 Å². The molecule has 0 bridgehead atoms. The number of aromatic amines is 1. The van der Waals surface area contributed by atoms with Crippen molar-refractivity contribution in [3.63, 3.8) is 0 Å². The standard InChI is InChI=1S/C25H17Cl2FN8O3/c1-34-11-15-6-21(18(27)7-20(15)33-34)31-23-32-24(38)36(12-16-5-17(26)9-30-22(16)37)25(39)35(23)10-13-2-3-19(28)14(4-13)8-29/h2-7,9,11H,10,12H2,1H3,(H,30,37)(H,31,32,38). The van der Waals surface area contributed by atoms with Crippen LogP contribution in [-0.4, -0.2) is 28.9 Å².